The first-order valence-corrected chi connectivity index (χ1v) is 7.92. The Morgan fingerprint density at radius 1 is 1.32 bits per heavy atom. The van der Waals surface area contributed by atoms with Crippen molar-refractivity contribution in [3.63, 3.8) is 0 Å². The number of nitrogens with one attached hydrogen (secondary N) is 1. The van der Waals surface area contributed by atoms with Crippen molar-refractivity contribution in [3.8, 4) is 11.5 Å². The van der Waals surface area contributed by atoms with E-state index in [1.165, 1.54) is 6.08 Å². The van der Waals surface area contributed by atoms with Gasteiger partial charge in [-0.15, -0.1) is 0 Å². The van der Waals surface area contributed by atoms with E-state index in [9.17, 15) is 4.79 Å². The molecule has 0 aromatic heterocycles. The predicted molar refractivity (Wildman–Crippen MR) is 90.7 cm³/mol. The van der Waals surface area contributed by atoms with Gasteiger partial charge in [-0.2, -0.15) is 0 Å². The second-order valence-electron chi connectivity index (χ2n) is 4.82. The summed E-state index contributed by atoms with van der Waals surface area (Å²) in [5.41, 5.74) is 0.786. The molecule has 0 bridgehead atoms. The van der Waals surface area contributed by atoms with Crippen LogP contribution in [0.4, 0.5) is 0 Å². The second-order valence-corrected chi connectivity index (χ2v) is 5.23. The number of hydrogen-bond acceptors (Lipinski definition) is 3. The fourth-order valence-corrected chi connectivity index (χ4v) is 2.36. The van der Waals surface area contributed by atoms with Gasteiger partial charge in [0.2, 0.25) is 5.91 Å². The second kappa shape index (κ2) is 9.36. The van der Waals surface area contributed by atoms with Gasteiger partial charge >= 0.3 is 0 Å². The Bertz CT molecular complexity index is 525. The Morgan fingerprint density at radius 3 is 2.55 bits per heavy atom. The lowest BCUT2D eigenvalue weighted by molar-refractivity contribution is -0.117. The lowest BCUT2D eigenvalue weighted by Crippen LogP contribution is -2.32. The fourth-order valence-electron chi connectivity index (χ4n) is 2.06. The number of amides is 1. The van der Waals surface area contributed by atoms with E-state index in [1.807, 2.05) is 6.92 Å². The van der Waals surface area contributed by atoms with Crippen LogP contribution in [0.2, 0.25) is 5.02 Å². The van der Waals surface area contributed by atoms with Gasteiger partial charge < -0.3 is 14.8 Å². The van der Waals surface area contributed by atoms with Crippen LogP contribution in [0, 0.1) is 0 Å². The maximum absolute atomic E-state index is 11.9. The van der Waals surface area contributed by atoms with Crippen LogP contribution in [0.15, 0.2) is 18.2 Å². The van der Waals surface area contributed by atoms with Crippen LogP contribution >= 0.6 is 11.6 Å². The number of ether oxygens (including phenoxy) is 2. The molecule has 0 saturated carbocycles. The van der Waals surface area contributed by atoms with E-state index in [0.717, 1.165) is 18.4 Å². The van der Waals surface area contributed by atoms with E-state index in [1.54, 1.807) is 25.3 Å². The maximum atomic E-state index is 11.9. The van der Waals surface area contributed by atoms with Crippen LogP contribution in [0.1, 0.15) is 39.2 Å². The summed E-state index contributed by atoms with van der Waals surface area (Å²) in [6.45, 7) is 6.50. The number of carbonyl (C=O) groups is 1. The molecule has 0 aliphatic heterocycles. The molecule has 0 fully saturated rings. The summed E-state index contributed by atoms with van der Waals surface area (Å²) in [7, 11) is 1.54. The smallest absolute Gasteiger partial charge is 0.244 e. The highest BCUT2D eigenvalue weighted by Gasteiger charge is 2.11. The molecular formula is C17H24ClNO3. The number of methoxy groups -OCH3 is 1. The molecule has 4 nitrogen and oxygen atoms in total. The zero-order chi connectivity index (χ0) is 16.5. The number of halogens is 1. The lowest BCUT2D eigenvalue weighted by Gasteiger charge is -2.13. The van der Waals surface area contributed by atoms with Crippen LogP contribution in [-0.2, 0) is 4.79 Å². The van der Waals surface area contributed by atoms with Crippen molar-refractivity contribution in [3.05, 3.63) is 28.8 Å². The SMILES string of the molecule is CCOc1cc(C=CC(=O)NC(CC)CC)cc(Cl)c1OC. The Hall–Kier alpha value is -1.68. The van der Waals surface area contributed by atoms with E-state index >= 15 is 0 Å². The molecule has 0 aliphatic rings. The van der Waals surface area contributed by atoms with Gasteiger partial charge in [-0.25, -0.2) is 0 Å². The Morgan fingerprint density at radius 2 is 2.00 bits per heavy atom. The predicted octanol–water partition coefficient (Wildman–Crippen LogP) is 4.07. The molecule has 0 aliphatic carbocycles. The Kier molecular flexibility index (Phi) is 7.82. The molecule has 1 aromatic carbocycles. The average molecular weight is 326 g/mol. The van der Waals surface area contributed by atoms with Crippen LogP contribution < -0.4 is 14.8 Å². The summed E-state index contributed by atoms with van der Waals surface area (Å²) in [4.78, 5) is 11.9. The Balaban J connectivity index is 2.88. The number of rotatable bonds is 8. The van der Waals surface area contributed by atoms with Gasteiger partial charge in [-0.3, -0.25) is 4.79 Å². The molecule has 0 atom stereocenters. The molecule has 122 valence electrons. The lowest BCUT2D eigenvalue weighted by atomic mass is 10.1. The first-order chi connectivity index (χ1) is 10.5. The summed E-state index contributed by atoms with van der Waals surface area (Å²) in [6, 6.07) is 3.74. The fraction of sp³-hybridized carbons (Fsp3) is 0.471. The van der Waals surface area contributed by atoms with E-state index in [0.29, 0.717) is 23.1 Å². The van der Waals surface area contributed by atoms with Crippen LogP contribution in [-0.4, -0.2) is 25.7 Å². The minimum absolute atomic E-state index is 0.112. The van der Waals surface area contributed by atoms with Crippen molar-refractivity contribution in [2.45, 2.75) is 39.7 Å². The first kappa shape index (κ1) is 18.4. The monoisotopic (exact) mass is 325 g/mol. The molecule has 0 unspecified atom stereocenters. The van der Waals surface area contributed by atoms with Gasteiger partial charge in [0.25, 0.3) is 0 Å². The van der Waals surface area contributed by atoms with Crippen molar-refractivity contribution in [2.75, 3.05) is 13.7 Å². The quantitative estimate of drug-likeness (QED) is 0.733. The van der Waals surface area contributed by atoms with E-state index < -0.39 is 0 Å². The first-order valence-electron chi connectivity index (χ1n) is 7.54. The molecule has 1 amide bonds. The zero-order valence-electron chi connectivity index (χ0n) is 13.6. The zero-order valence-corrected chi connectivity index (χ0v) is 14.4. The summed E-state index contributed by atoms with van der Waals surface area (Å²) in [6.07, 6.45) is 5.05. The summed E-state index contributed by atoms with van der Waals surface area (Å²) < 4.78 is 10.7. The highest BCUT2D eigenvalue weighted by molar-refractivity contribution is 6.32. The number of hydrogen-bond donors (Lipinski definition) is 1. The van der Waals surface area contributed by atoms with Gasteiger partial charge in [0.15, 0.2) is 11.5 Å². The van der Waals surface area contributed by atoms with Gasteiger partial charge in [0, 0.05) is 12.1 Å². The van der Waals surface area contributed by atoms with Gasteiger partial charge in [0.1, 0.15) is 0 Å². The van der Waals surface area contributed by atoms with Crippen molar-refractivity contribution >= 4 is 23.6 Å². The summed E-state index contributed by atoms with van der Waals surface area (Å²) in [5.74, 6) is 0.957. The van der Waals surface area contributed by atoms with E-state index in [2.05, 4.69) is 19.2 Å². The molecule has 1 rings (SSSR count). The normalized spacial score (nSPS) is 11.0. The van der Waals surface area contributed by atoms with Crippen LogP contribution in [0.5, 0.6) is 11.5 Å². The third kappa shape index (κ3) is 5.26. The minimum Gasteiger partial charge on any atom is -0.491 e. The third-order valence-corrected chi connectivity index (χ3v) is 3.58. The molecule has 0 heterocycles. The van der Waals surface area contributed by atoms with E-state index in [4.69, 9.17) is 21.1 Å². The van der Waals surface area contributed by atoms with Crippen LogP contribution in [0.3, 0.4) is 0 Å². The van der Waals surface area contributed by atoms with Gasteiger partial charge in [-0.05, 0) is 43.5 Å². The molecule has 5 heteroatoms. The van der Waals surface area contributed by atoms with Crippen LogP contribution in [0.25, 0.3) is 6.08 Å². The number of carbonyl (C=O) groups excluding carboxylic acids is 1. The summed E-state index contributed by atoms with van der Waals surface area (Å²) in [5, 5.41) is 3.40. The van der Waals surface area contributed by atoms with Gasteiger partial charge in [-0.1, -0.05) is 25.4 Å². The van der Waals surface area contributed by atoms with Crippen molar-refractivity contribution < 1.29 is 14.3 Å². The maximum Gasteiger partial charge on any atom is 0.244 e. The molecule has 22 heavy (non-hydrogen) atoms. The Labute approximate surface area is 137 Å². The van der Waals surface area contributed by atoms with E-state index in [-0.39, 0.29) is 11.9 Å². The molecule has 1 aromatic rings. The minimum atomic E-state index is -0.112. The molecule has 0 radical (unpaired) electrons. The highest BCUT2D eigenvalue weighted by Crippen LogP contribution is 2.36. The molecule has 0 spiro atoms. The number of benzene rings is 1. The average Bonchev–Trinajstić information content (AvgIpc) is 2.50. The highest BCUT2D eigenvalue weighted by atomic mass is 35.5. The topological polar surface area (TPSA) is 47.6 Å². The van der Waals surface area contributed by atoms with Gasteiger partial charge in [0.05, 0.1) is 18.7 Å². The summed E-state index contributed by atoms with van der Waals surface area (Å²) >= 11 is 6.18. The molecule has 1 N–H and O–H groups in total. The molecular weight excluding hydrogens is 302 g/mol. The van der Waals surface area contributed by atoms with Crippen molar-refractivity contribution in [1.82, 2.24) is 5.32 Å². The van der Waals surface area contributed by atoms with Crippen molar-refractivity contribution in [1.29, 1.82) is 0 Å². The largest absolute Gasteiger partial charge is 0.491 e. The van der Waals surface area contributed by atoms with Crippen molar-refractivity contribution in [2.24, 2.45) is 0 Å². The molecule has 0 saturated heterocycles. The standard InChI is InChI=1S/C17H24ClNO3/c1-5-13(6-2)19-16(20)9-8-12-10-14(18)17(21-4)15(11-12)22-7-3/h8-11,13H,5-7H2,1-4H3,(H,19,20). The third-order valence-electron chi connectivity index (χ3n) is 3.29.